The van der Waals surface area contributed by atoms with Crippen molar-refractivity contribution in [2.75, 3.05) is 13.2 Å². The number of carbonyl (C=O) groups is 2. The van der Waals surface area contributed by atoms with Gasteiger partial charge < -0.3 is 15.7 Å². The fourth-order valence-electron chi connectivity index (χ4n) is 1.91. The molecule has 3 N–H and O–H groups in total. The van der Waals surface area contributed by atoms with Crippen molar-refractivity contribution in [1.29, 1.82) is 0 Å². The SMILES string of the molecule is O=C(NCCO)/C(=C\c1cccc([N+](=O)[O-])c1)NC(=O)c1cccs1. The normalized spacial score (nSPS) is 11.0. The van der Waals surface area contributed by atoms with Crippen LogP contribution in [0.2, 0.25) is 0 Å². The predicted octanol–water partition coefficient (Wildman–Crippen LogP) is 1.54. The number of nitro benzene ring substituents is 1. The largest absolute Gasteiger partial charge is 0.395 e. The van der Waals surface area contributed by atoms with E-state index in [-0.39, 0.29) is 24.5 Å². The molecule has 2 rings (SSSR count). The van der Waals surface area contributed by atoms with Gasteiger partial charge in [0.15, 0.2) is 0 Å². The molecule has 0 unspecified atom stereocenters. The first-order valence-electron chi connectivity index (χ1n) is 7.21. The Bertz CT molecular complexity index is 802. The molecule has 0 fully saturated rings. The Morgan fingerprint density at radius 1 is 1.28 bits per heavy atom. The number of hydrogen-bond donors (Lipinski definition) is 3. The van der Waals surface area contributed by atoms with Gasteiger partial charge in [0.2, 0.25) is 0 Å². The summed E-state index contributed by atoms with van der Waals surface area (Å²) in [7, 11) is 0. The molecule has 1 heterocycles. The van der Waals surface area contributed by atoms with Crippen molar-refractivity contribution in [1.82, 2.24) is 10.6 Å². The summed E-state index contributed by atoms with van der Waals surface area (Å²) < 4.78 is 0. The molecular formula is C16H15N3O5S. The quantitative estimate of drug-likeness (QED) is 0.392. The van der Waals surface area contributed by atoms with Crippen LogP contribution in [-0.2, 0) is 4.79 Å². The molecule has 0 aliphatic heterocycles. The van der Waals surface area contributed by atoms with Crippen LogP contribution in [0, 0.1) is 10.1 Å². The molecule has 130 valence electrons. The van der Waals surface area contributed by atoms with E-state index in [0.717, 1.165) is 0 Å². The molecule has 2 aromatic rings. The summed E-state index contributed by atoms with van der Waals surface area (Å²) >= 11 is 1.21. The monoisotopic (exact) mass is 361 g/mol. The van der Waals surface area contributed by atoms with Gasteiger partial charge in [0.25, 0.3) is 17.5 Å². The predicted molar refractivity (Wildman–Crippen MR) is 93.0 cm³/mol. The summed E-state index contributed by atoms with van der Waals surface area (Å²) in [6.07, 6.45) is 1.34. The van der Waals surface area contributed by atoms with Crippen LogP contribution in [0.5, 0.6) is 0 Å². The van der Waals surface area contributed by atoms with Crippen LogP contribution < -0.4 is 10.6 Å². The highest BCUT2D eigenvalue weighted by molar-refractivity contribution is 7.12. The van der Waals surface area contributed by atoms with E-state index in [4.69, 9.17) is 5.11 Å². The van der Waals surface area contributed by atoms with Crippen molar-refractivity contribution in [3.63, 3.8) is 0 Å². The highest BCUT2D eigenvalue weighted by atomic mass is 32.1. The Labute approximate surface area is 146 Å². The Hall–Kier alpha value is -3.04. The molecule has 1 aromatic carbocycles. The lowest BCUT2D eigenvalue weighted by molar-refractivity contribution is -0.384. The Morgan fingerprint density at radius 3 is 2.72 bits per heavy atom. The molecular weight excluding hydrogens is 346 g/mol. The van der Waals surface area contributed by atoms with Crippen LogP contribution in [0.1, 0.15) is 15.2 Å². The van der Waals surface area contributed by atoms with E-state index in [1.54, 1.807) is 23.6 Å². The molecule has 8 nitrogen and oxygen atoms in total. The molecule has 25 heavy (non-hydrogen) atoms. The topological polar surface area (TPSA) is 122 Å². The molecule has 0 saturated heterocycles. The number of carbonyl (C=O) groups excluding carboxylic acids is 2. The Kier molecular flexibility index (Phi) is 6.38. The van der Waals surface area contributed by atoms with E-state index in [1.807, 2.05) is 0 Å². The molecule has 9 heteroatoms. The minimum Gasteiger partial charge on any atom is -0.395 e. The smallest absolute Gasteiger partial charge is 0.270 e. The number of benzene rings is 1. The van der Waals surface area contributed by atoms with E-state index in [9.17, 15) is 19.7 Å². The third-order valence-electron chi connectivity index (χ3n) is 3.03. The third kappa shape index (κ3) is 5.23. The highest BCUT2D eigenvalue weighted by Gasteiger charge is 2.15. The molecule has 1 aromatic heterocycles. The summed E-state index contributed by atoms with van der Waals surface area (Å²) in [6, 6.07) is 8.98. The number of nitro groups is 1. The van der Waals surface area contributed by atoms with Gasteiger partial charge in [-0.1, -0.05) is 18.2 Å². The van der Waals surface area contributed by atoms with Crippen molar-refractivity contribution in [3.05, 3.63) is 68.0 Å². The average molecular weight is 361 g/mol. The fraction of sp³-hybridized carbons (Fsp3) is 0.125. The summed E-state index contributed by atoms with van der Waals surface area (Å²) in [5.74, 6) is -1.07. The fourth-order valence-corrected chi connectivity index (χ4v) is 2.53. The third-order valence-corrected chi connectivity index (χ3v) is 3.90. The van der Waals surface area contributed by atoms with Crippen LogP contribution in [0.4, 0.5) is 5.69 Å². The summed E-state index contributed by atoms with van der Waals surface area (Å²) in [5.41, 5.74) is 0.177. The minimum atomic E-state index is -0.606. The number of nitrogens with one attached hydrogen (secondary N) is 2. The van der Waals surface area contributed by atoms with Gasteiger partial charge in [-0.3, -0.25) is 19.7 Å². The van der Waals surface area contributed by atoms with Crippen molar-refractivity contribution >= 4 is 34.9 Å². The van der Waals surface area contributed by atoms with Crippen LogP contribution in [0.15, 0.2) is 47.5 Å². The van der Waals surface area contributed by atoms with Crippen LogP contribution in [0.25, 0.3) is 6.08 Å². The number of nitrogens with zero attached hydrogens (tertiary/aromatic N) is 1. The van der Waals surface area contributed by atoms with Crippen molar-refractivity contribution in [3.8, 4) is 0 Å². The Morgan fingerprint density at radius 2 is 2.08 bits per heavy atom. The average Bonchev–Trinajstić information content (AvgIpc) is 3.14. The van der Waals surface area contributed by atoms with Gasteiger partial charge in [-0.2, -0.15) is 0 Å². The van der Waals surface area contributed by atoms with Gasteiger partial charge in [-0.25, -0.2) is 0 Å². The number of rotatable bonds is 7. The summed E-state index contributed by atoms with van der Waals surface area (Å²) in [5, 5.41) is 26.3. The number of aliphatic hydroxyl groups is 1. The molecule has 0 spiro atoms. The maximum atomic E-state index is 12.2. The highest BCUT2D eigenvalue weighted by Crippen LogP contribution is 2.16. The van der Waals surface area contributed by atoms with Crippen LogP contribution >= 0.6 is 11.3 Å². The lowest BCUT2D eigenvalue weighted by atomic mass is 10.1. The minimum absolute atomic E-state index is 0.0139. The second-order valence-electron chi connectivity index (χ2n) is 4.82. The van der Waals surface area contributed by atoms with E-state index in [1.165, 1.54) is 35.6 Å². The molecule has 0 bridgehead atoms. The number of thiophene rings is 1. The number of non-ortho nitro benzene ring substituents is 1. The van der Waals surface area contributed by atoms with Gasteiger partial charge >= 0.3 is 0 Å². The zero-order valence-electron chi connectivity index (χ0n) is 13.0. The zero-order chi connectivity index (χ0) is 18.2. The summed E-state index contributed by atoms with van der Waals surface area (Å²) in [4.78, 5) is 35.1. The van der Waals surface area contributed by atoms with Gasteiger partial charge in [0.05, 0.1) is 16.4 Å². The van der Waals surface area contributed by atoms with Gasteiger partial charge in [-0.05, 0) is 23.1 Å². The maximum Gasteiger partial charge on any atom is 0.270 e. The van der Waals surface area contributed by atoms with Crippen LogP contribution in [0.3, 0.4) is 0 Å². The molecule has 2 amide bonds. The van der Waals surface area contributed by atoms with Gasteiger partial charge in [0, 0.05) is 18.7 Å². The number of hydrogen-bond acceptors (Lipinski definition) is 6. The van der Waals surface area contributed by atoms with E-state index in [0.29, 0.717) is 10.4 Å². The first-order chi connectivity index (χ1) is 12.0. The summed E-state index contributed by atoms with van der Waals surface area (Å²) in [6.45, 7) is -0.241. The molecule has 0 aliphatic carbocycles. The van der Waals surface area contributed by atoms with Crippen molar-refractivity contribution in [2.45, 2.75) is 0 Å². The second kappa shape index (κ2) is 8.71. The standard InChI is InChI=1S/C16H15N3O5S/c20-7-6-17-15(21)13(18-16(22)14-5-2-8-25-14)10-11-3-1-4-12(9-11)19(23)24/h1-5,8-10,20H,6-7H2,(H,17,21)(H,18,22)/b13-10+. The van der Waals surface area contributed by atoms with E-state index < -0.39 is 16.7 Å². The molecule has 0 aliphatic rings. The first-order valence-corrected chi connectivity index (χ1v) is 8.09. The van der Waals surface area contributed by atoms with Gasteiger partial charge in [-0.15, -0.1) is 11.3 Å². The van der Waals surface area contributed by atoms with Crippen LogP contribution in [-0.4, -0.2) is 35.0 Å². The molecule has 0 atom stereocenters. The van der Waals surface area contributed by atoms with Crippen molar-refractivity contribution in [2.24, 2.45) is 0 Å². The number of aliphatic hydroxyl groups excluding tert-OH is 1. The first kappa shape index (κ1) is 18.3. The maximum absolute atomic E-state index is 12.2. The lowest BCUT2D eigenvalue weighted by Crippen LogP contribution is -2.35. The lowest BCUT2D eigenvalue weighted by Gasteiger charge is -2.10. The van der Waals surface area contributed by atoms with E-state index in [2.05, 4.69) is 10.6 Å². The molecule has 0 saturated carbocycles. The van der Waals surface area contributed by atoms with Gasteiger partial charge in [0.1, 0.15) is 5.70 Å². The second-order valence-corrected chi connectivity index (χ2v) is 5.77. The van der Waals surface area contributed by atoms with Crippen molar-refractivity contribution < 1.29 is 19.6 Å². The van der Waals surface area contributed by atoms with E-state index >= 15 is 0 Å². The zero-order valence-corrected chi connectivity index (χ0v) is 13.8. The molecule has 0 radical (unpaired) electrons. The number of amides is 2. The Balaban J connectivity index is 2.29.